The molecule has 24 heavy (non-hydrogen) atoms. The normalized spacial score (nSPS) is 10.6. The van der Waals surface area contributed by atoms with Crippen LogP contribution >= 0.6 is 12.2 Å². The van der Waals surface area contributed by atoms with Crippen molar-refractivity contribution in [3.8, 4) is 5.75 Å². The average Bonchev–Trinajstić information content (AvgIpc) is 2.50. The van der Waals surface area contributed by atoms with Crippen LogP contribution in [0.25, 0.3) is 0 Å². The van der Waals surface area contributed by atoms with Crippen molar-refractivity contribution in [1.82, 2.24) is 16.2 Å². The third kappa shape index (κ3) is 7.64. The number of benzene rings is 1. The van der Waals surface area contributed by atoms with Gasteiger partial charge >= 0.3 is 0 Å². The van der Waals surface area contributed by atoms with Crippen LogP contribution in [0.3, 0.4) is 0 Å². The number of ether oxygens (including phenoxy) is 1. The number of nitrogens with one attached hydrogen (secondary N) is 3. The van der Waals surface area contributed by atoms with Gasteiger partial charge in [0.15, 0.2) is 11.7 Å². The Labute approximate surface area is 150 Å². The lowest BCUT2D eigenvalue weighted by molar-refractivity contribution is -0.123. The largest absolute Gasteiger partial charge is 0.484 e. The van der Waals surface area contributed by atoms with E-state index in [0.717, 1.165) is 18.5 Å². The molecule has 0 unspecified atom stereocenters. The molecule has 0 atom stereocenters. The summed E-state index contributed by atoms with van der Waals surface area (Å²) in [6, 6.07) is 5.88. The zero-order chi connectivity index (χ0) is 18.1. The molecule has 0 aliphatic carbocycles. The van der Waals surface area contributed by atoms with Crippen molar-refractivity contribution in [2.75, 3.05) is 13.2 Å². The van der Waals surface area contributed by atoms with Crippen LogP contribution in [-0.4, -0.2) is 24.2 Å². The minimum absolute atomic E-state index is 0.0674. The van der Waals surface area contributed by atoms with Gasteiger partial charge < -0.3 is 10.1 Å². The molecule has 1 rings (SSSR count). The second kappa shape index (κ2) is 10.1. The van der Waals surface area contributed by atoms with Crippen LogP contribution in [0.5, 0.6) is 5.75 Å². The fourth-order valence-corrected chi connectivity index (χ4v) is 2.37. The SMILES string of the molecule is Cc1cc(OCC(=O)NNC(=S)NCCC(C)C)ccc1C(C)C. The molecule has 3 N–H and O–H groups in total. The van der Waals surface area contributed by atoms with E-state index < -0.39 is 0 Å². The number of thiocarbonyl (C=S) groups is 1. The Morgan fingerprint density at radius 1 is 1.21 bits per heavy atom. The van der Waals surface area contributed by atoms with Gasteiger partial charge in [0.1, 0.15) is 5.75 Å². The zero-order valence-corrected chi connectivity index (χ0v) is 16.0. The summed E-state index contributed by atoms with van der Waals surface area (Å²) in [5, 5.41) is 3.44. The van der Waals surface area contributed by atoms with Gasteiger partial charge in [-0.25, -0.2) is 0 Å². The summed E-state index contributed by atoms with van der Waals surface area (Å²) in [4.78, 5) is 11.8. The Morgan fingerprint density at radius 2 is 1.92 bits per heavy atom. The molecule has 0 saturated heterocycles. The fourth-order valence-electron chi connectivity index (χ4n) is 2.22. The highest BCUT2D eigenvalue weighted by Crippen LogP contribution is 2.23. The minimum Gasteiger partial charge on any atom is -0.484 e. The van der Waals surface area contributed by atoms with Gasteiger partial charge in [-0.15, -0.1) is 0 Å². The Bertz CT molecular complexity index is 559. The quantitative estimate of drug-likeness (QED) is 0.521. The summed E-state index contributed by atoms with van der Waals surface area (Å²) in [6.07, 6.45) is 1.02. The summed E-state index contributed by atoms with van der Waals surface area (Å²) >= 11 is 5.08. The Balaban J connectivity index is 2.31. The van der Waals surface area contributed by atoms with Crippen molar-refractivity contribution >= 4 is 23.2 Å². The van der Waals surface area contributed by atoms with Crippen LogP contribution in [0.4, 0.5) is 0 Å². The number of hydrogen-bond donors (Lipinski definition) is 3. The van der Waals surface area contributed by atoms with Gasteiger partial charge in [0, 0.05) is 6.54 Å². The molecule has 0 spiro atoms. The number of hydrogen-bond acceptors (Lipinski definition) is 3. The van der Waals surface area contributed by atoms with Gasteiger partial charge in [-0.1, -0.05) is 33.8 Å². The zero-order valence-electron chi connectivity index (χ0n) is 15.2. The second-order valence-corrected chi connectivity index (χ2v) is 6.98. The minimum atomic E-state index is -0.284. The molecule has 0 radical (unpaired) electrons. The van der Waals surface area contributed by atoms with Crippen LogP contribution in [0.15, 0.2) is 18.2 Å². The molecule has 134 valence electrons. The second-order valence-electron chi connectivity index (χ2n) is 6.57. The maximum atomic E-state index is 11.8. The number of hydrazine groups is 1. The molecule has 0 bridgehead atoms. The molecule has 0 aliphatic heterocycles. The first kappa shape index (κ1) is 20.2. The number of amides is 1. The lowest BCUT2D eigenvalue weighted by Crippen LogP contribution is -2.48. The number of carbonyl (C=O) groups is 1. The molecule has 0 fully saturated rings. The van der Waals surface area contributed by atoms with Gasteiger partial charge in [-0.05, 0) is 60.7 Å². The van der Waals surface area contributed by atoms with Crippen molar-refractivity contribution in [3.63, 3.8) is 0 Å². The number of carbonyl (C=O) groups excluding carboxylic acids is 1. The van der Waals surface area contributed by atoms with Gasteiger partial charge in [0.05, 0.1) is 0 Å². The van der Waals surface area contributed by atoms with Crippen LogP contribution < -0.4 is 20.9 Å². The fraction of sp³-hybridized carbons (Fsp3) is 0.556. The van der Waals surface area contributed by atoms with E-state index in [9.17, 15) is 4.79 Å². The van der Waals surface area contributed by atoms with E-state index >= 15 is 0 Å². The molecule has 0 aliphatic rings. The van der Waals surface area contributed by atoms with Gasteiger partial charge in [0.2, 0.25) is 0 Å². The maximum absolute atomic E-state index is 11.8. The van der Waals surface area contributed by atoms with E-state index in [0.29, 0.717) is 22.7 Å². The molecule has 1 aromatic carbocycles. The first-order chi connectivity index (χ1) is 11.3. The van der Waals surface area contributed by atoms with Crippen molar-refractivity contribution < 1.29 is 9.53 Å². The average molecular weight is 352 g/mol. The van der Waals surface area contributed by atoms with Crippen LogP contribution in [0.2, 0.25) is 0 Å². The van der Waals surface area contributed by atoms with E-state index in [1.165, 1.54) is 5.56 Å². The summed E-state index contributed by atoms with van der Waals surface area (Å²) < 4.78 is 5.51. The van der Waals surface area contributed by atoms with E-state index in [2.05, 4.69) is 43.9 Å². The standard InChI is InChI=1S/C18H29N3O2S/c1-12(2)8-9-19-18(24)21-20-17(22)11-23-15-6-7-16(13(3)4)14(5)10-15/h6-7,10,12-13H,8-9,11H2,1-5H3,(H,20,22)(H2,19,21,24). The molecule has 1 amide bonds. The third-order valence-corrected chi connectivity index (χ3v) is 3.80. The van der Waals surface area contributed by atoms with E-state index in [-0.39, 0.29) is 12.5 Å². The predicted molar refractivity (Wildman–Crippen MR) is 102 cm³/mol. The molecule has 6 heteroatoms. The Hall–Kier alpha value is -1.82. The first-order valence-electron chi connectivity index (χ1n) is 8.35. The van der Waals surface area contributed by atoms with Crippen LogP contribution in [0.1, 0.15) is 51.2 Å². The molecule has 1 aromatic rings. The van der Waals surface area contributed by atoms with Gasteiger partial charge in [-0.2, -0.15) is 0 Å². The highest BCUT2D eigenvalue weighted by molar-refractivity contribution is 7.80. The molecule has 0 aromatic heterocycles. The summed E-state index contributed by atoms with van der Waals surface area (Å²) in [7, 11) is 0. The van der Waals surface area contributed by atoms with Gasteiger partial charge in [0.25, 0.3) is 5.91 Å². The first-order valence-corrected chi connectivity index (χ1v) is 8.76. The smallest absolute Gasteiger partial charge is 0.276 e. The Morgan fingerprint density at radius 3 is 2.50 bits per heavy atom. The van der Waals surface area contributed by atoms with Gasteiger partial charge in [-0.3, -0.25) is 15.6 Å². The van der Waals surface area contributed by atoms with Crippen molar-refractivity contribution in [2.45, 2.75) is 47.0 Å². The van der Waals surface area contributed by atoms with E-state index in [4.69, 9.17) is 17.0 Å². The van der Waals surface area contributed by atoms with Crippen LogP contribution in [-0.2, 0) is 4.79 Å². The molecule has 0 heterocycles. The molecular formula is C18H29N3O2S. The maximum Gasteiger partial charge on any atom is 0.276 e. The number of rotatable bonds is 7. The summed E-state index contributed by atoms with van der Waals surface area (Å²) in [5.74, 6) is 1.47. The topological polar surface area (TPSA) is 62.4 Å². The third-order valence-electron chi connectivity index (χ3n) is 3.56. The molecule has 0 saturated carbocycles. The van der Waals surface area contributed by atoms with Crippen molar-refractivity contribution in [2.24, 2.45) is 5.92 Å². The lowest BCUT2D eigenvalue weighted by atomic mass is 9.98. The highest BCUT2D eigenvalue weighted by atomic mass is 32.1. The van der Waals surface area contributed by atoms with E-state index in [1.807, 2.05) is 25.1 Å². The monoisotopic (exact) mass is 351 g/mol. The van der Waals surface area contributed by atoms with Crippen molar-refractivity contribution in [1.29, 1.82) is 0 Å². The summed E-state index contributed by atoms with van der Waals surface area (Å²) in [6.45, 7) is 11.4. The molecular weight excluding hydrogens is 322 g/mol. The van der Waals surface area contributed by atoms with Crippen molar-refractivity contribution in [3.05, 3.63) is 29.3 Å². The predicted octanol–water partition coefficient (Wildman–Crippen LogP) is 3.04. The summed E-state index contributed by atoms with van der Waals surface area (Å²) in [5.41, 5.74) is 7.63. The lowest BCUT2D eigenvalue weighted by Gasteiger charge is -2.14. The van der Waals surface area contributed by atoms with E-state index in [1.54, 1.807) is 0 Å². The van der Waals surface area contributed by atoms with Crippen LogP contribution in [0, 0.1) is 12.8 Å². The Kier molecular flexibility index (Phi) is 8.54. The highest BCUT2D eigenvalue weighted by Gasteiger charge is 2.07. The number of aryl methyl sites for hydroxylation is 1. The molecule has 5 nitrogen and oxygen atoms in total.